The molecule has 1 saturated carbocycles. The molecule has 4 rings (SSSR count). The highest BCUT2D eigenvalue weighted by molar-refractivity contribution is 7.16. The summed E-state index contributed by atoms with van der Waals surface area (Å²) in [5, 5.41) is 3.72. The van der Waals surface area contributed by atoms with Crippen LogP contribution in [0.1, 0.15) is 101 Å². The molecule has 32 heavy (non-hydrogen) atoms. The molecule has 174 valence electrons. The summed E-state index contributed by atoms with van der Waals surface area (Å²) >= 11 is 1.89. The standard InChI is InChI=1S/C26H34N2S.C3H8/c1-6-10-21-17-23(27(14-7-2)18(21)4)25(20-11-9-12-20)24-19(5)28(15-8-3)26-22(24)13-16-29-26;1-3-2/h6,10,13,16-17H,7-9,11-12,14-15H2,1-5H3;3H2,1-2H3/b10-6-;. The van der Waals surface area contributed by atoms with Crippen molar-refractivity contribution in [2.24, 2.45) is 0 Å². The van der Waals surface area contributed by atoms with Crippen LogP contribution in [0.2, 0.25) is 0 Å². The van der Waals surface area contributed by atoms with E-state index in [0.717, 1.165) is 19.5 Å². The average Bonchev–Trinajstić information content (AvgIpc) is 3.38. The summed E-state index contributed by atoms with van der Waals surface area (Å²) in [5.74, 6) is 0. The van der Waals surface area contributed by atoms with E-state index in [-0.39, 0.29) is 0 Å². The van der Waals surface area contributed by atoms with Crippen LogP contribution < -0.4 is 0 Å². The largest absolute Gasteiger partial charge is 0.344 e. The minimum atomic E-state index is 1.08. The van der Waals surface area contributed by atoms with Gasteiger partial charge in [0.1, 0.15) is 4.83 Å². The lowest BCUT2D eigenvalue weighted by atomic mass is 9.83. The van der Waals surface area contributed by atoms with Crippen molar-refractivity contribution in [3.8, 4) is 0 Å². The third-order valence-electron chi connectivity index (χ3n) is 6.39. The van der Waals surface area contributed by atoms with Crippen LogP contribution in [-0.2, 0) is 13.1 Å². The number of fused-ring (bicyclic) bond motifs is 1. The Morgan fingerprint density at radius 2 is 1.66 bits per heavy atom. The fraction of sp³-hybridized carbons (Fsp3) is 0.517. The molecule has 3 heterocycles. The summed E-state index contributed by atoms with van der Waals surface area (Å²) in [5.41, 5.74) is 10.3. The molecule has 2 nitrogen and oxygen atoms in total. The highest BCUT2D eigenvalue weighted by Crippen LogP contribution is 2.44. The number of rotatable bonds is 7. The van der Waals surface area contributed by atoms with Gasteiger partial charge in [-0.05, 0) is 76.0 Å². The van der Waals surface area contributed by atoms with Crippen LogP contribution >= 0.6 is 11.3 Å². The molecular formula is C29H42N2S. The molecular weight excluding hydrogens is 408 g/mol. The lowest BCUT2D eigenvalue weighted by molar-refractivity contribution is 0.644. The predicted octanol–water partition coefficient (Wildman–Crippen LogP) is 9.38. The van der Waals surface area contributed by atoms with E-state index < -0.39 is 0 Å². The Morgan fingerprint density at radius 3 is 2.22 bits per heavy atom. The van der Waals surface area contributed by atoms with Crippen LogP contribution in [0.5, 0.6) is 0 Å². The molecule has 3 aromatic heterocycles. The maximum atomic E-state index is 2.57. The van der Waals surface area contributed by atoms with E-state index in [4.69, 9.17) is 0 Å². The van der Waals surface area contributed by atoms with Gasteiger partial charge in [0.25, 0.3) is 0 Å². The van der Waals surface area contributed by atoms with Gasteiger partial charge in [0, 0.05) is 46.7 Å². The second-order valence-corrected chi connectivity index (χ2v) is 9.91. The van der Waals surface area contributed by atoms with Gasteiger partial charge in [-0.3, -0.25) is 0 Å². The van der Waals surface area contributed by atoms with E-state index in [1.807, 2.05) is 11.3 Å². The van der Waals surface area contributed by atoms with Gasteiger partial charge >= 0.3 is 0 Å². The molecule has 0 bridgehead atoms. The number of aromatic nitrogens is 2. The molecule has 0 N–H and O–H groups in total. The lowest BCUT2D eigenvalue weighted by Gasteiger charge is -2.24. The zero-order valence-electron chi connectivity index (χ0n) is 21.3. The third-order valence-corrected chi connectivity index (χ3v) is 7.32. The first-order valence-corrected chi connectivity index (χ1v) is 13.5. The van der Waals surface area contributed by atoms with Crippen LogP contribution in [0.4, 0.5) is 0 Å². The molecule has 1 aliphatic rings. The van der Waals surface area contributed by atoms with Crippen LogP contribution in [0.3, 0.4) is 0 Å². The molecule has 0 spiro atoms. The summed E-state index contributed by atoms with van der Waals surface area (Å²) in [6.45, 7) is 17.7. The second kappa shape index (κ2) is 11.2. The molecule has 0 aliphatic heterocycles. The highest BCUT2D eigenvalue weighted by Gasteiger charge is 2.27. The van der Waals surface area contributed by atoms with Crippen LogP contribution in [0.15, 0.2) is 29.2 Å². The number of thiophene rings is 1. The normalized spacial score (nSPS) is 13.5. The van der Waals surface area contributed by atoms with Gasteiger partial charge in [-0.25, -0.2) is 0 Å². The lowest BCUT2D eigenvalue weighted by Crippen LogP contribution is -2.10. The summed E-state index contributed by atoms with van der Waals surface area (Å²) < 4.78 is 5.13. The van der Waals surface area contributed by atoms with Gasteiger partial charge in [-0.15, -0.1) is 11.3 Å². The molecule has 3 heteroatoms. The van der Waals surface area contributed by atoms with E-state index in [0.29, 0.717) is 0 Å². The number of aryl methyl sites for hydroxylation is 1. The summed E-state index contributed by atoms with van der Waals surface area (Å²) in [4.78, 5) is 1.44. The van der Waals surface area contributed by atoms with Crippen molar-refractivity contribution >= 4 is 33.2 Å². The Kier molecular flexibility index (Phi) is 8.64. The van der Waals surface area contributed by atoms with Crippen LogP contribution in [0, 0.1) is 13.8 Å². The smallest absolute Gasteiger partial charge is 0.103 e. The van der Waals surface area contributed by atoms with E-state index in [1.165, 1.54) is 76.1 Å². The van der Waals surface area contributed by atoms with Gasteiger partial charge in [0.15, 0.2) is 0 Å². The fourth-order valence-corrected chi connectivity index (χ4v) is 5.80. The minimum absolute atomic E-state index is 1.08. The Bertz CT molecular complexity index is 1090. The number of hydrogen-bond acceptors (Lipinski definition) is 1. The second-order valence-electron chi connectivity index (χ2n) is 9.01. The Morgan fingerprint density at radius 1 is 1.00 bits per heavy atom. The molecule has 0 atom stereocenters. The SMILES string of the molecule is C/C=C\c1cc(C(=C2CCC2)c2c(C)n(CCC)c3sccc23)n(CCC)c1C.CCC. The van der Waals surface area contributed by atoms with Crippen molar-refractivity contribution < 1.29 is 0 Å². The Balaban J connectivity index is 0.000000913. The zero-order chi connectivity index (χ0) is 23.3. The molecule has 1 fully saturated rings. The van der Waals surface area contributed by atoms with E-state index in [2.05, 4.69) is 87.3 Å². The first-order valence-electron chi connectivity index (χ1n) is 12.7. The van der Waals surface area contributed by atoms with Crippen molar-refractivity contribution in [2.75, 3.05) is 0 Å². The van der Waals surface area contributed by atoms with Gasteiger partial charge in [-0.1, -0.05) is 51.8 Å². The minimum Gasteiger partial charge on any atom is -0.344 e. The first kappa shape index (κ1) is 24.6. The maximum absolute atomic E-state index is 2.57. The molecule has 0 saturated heterocycles. The van der Waals surface area contributed by atoms with Crippen LogP contribution in [-0.4, -0.2) is 9.13 Å². The van der Waals surface area contributed by atoms with Gasteiger partial charge in [-0.2, -0.15) is 0 Å². The molecule has 0 aromatic carbocycles. The highest BCUT2D eigenvalue weighted by atomic mass is 32.1. The topological polar surface area (TPSA) is 9.86 Å². The summed E-state index contributed by atoms with van der Waals surface area (Å²) in [6, 6.07) is 4.79. The Hall–Kier alpha value is -2.00. The molecule has 0 unspecified atom stereocenters. The van der Waals surface area contributed by atoms with E-state index in [1.54, 1.807) is 5.57 Å². The van der Waals surface area contributed by atoms with Crippen molar-refractivity contribution in [3.63, 3.8) is 0 Å². The van der Waals surface area contributed by atoms with Crippen molar-refractivity contribution in [2.45, 2.75) is 100 Å². The van der Waals surface area contributed by atoms with E-state index >= 15 is 0 Å². The first-order chi connectivity index (χ1) is 15.5. The predicted molar refractivity (Wildman–Crippen MR) is 145 cm³/mol. The van der Waals surface area contributed by atoms with Crippen molar-refractivity contribution in [1.82, 2.24) is 9.13 Å². The fourth-order valence-electron chi connectivity index (χ4n) is 4.81. The van der Waals surface area contributed by atoms with E-state index in [9.17, 15) is 0 Å². The quantitative estimate of drug-likeness (QED) is 0.339. The third kappa shape index (κ3) is 4.55. The number of nitrogens with zero attached hydrogens (tertiary/aromatic N) is 2. The van der Waals surface area contributed by atoms with Crippen LogP contribution in [0.25, 0.3) is 21.9 Å². The summed E-state index contributed by atoms with van der Waals surface area (Å²) in [6.07, 6.45) is 11.8. The van der Waals surface area contributed by atoms with Gasteiger partial charge in [0.2, 0.25) is 0 Å². The molecule has 0 amide bonds. The Labute approximate surface area is 199 Å². The summed E-state index contributed by atoms with van der Waals surface area (Å²) in [7, 11) is 0. The molecule has 3 aromatic rings. The molecule has 1 aliphatic carbocycles. The number of hydrogen-bond donors (Lipinski definition) is 0. The number of allylic oxidation sites excluding steroid dienone is 2. The van der Waals surface area contributed by atoms with Gasteiger partial charge in [0.05, 0.1) is 0 Å². The zero-order valence-corrected chi connectivity index (χ0v) is 22.2. The average molecular weight is 451 g/mol. The maximum Gasteiger partial charge on any atom is 0.103 e. The van der Waals surface area contributed by atoms with Gasteiger partial charge < -0.3 is 9.13 Å². The van der Waals surface area contributed by atoms with Crippen molar-refractivity contribution in [1.29, 1.82) is 0 Å². The molecule has 0 radical (unpaired) electrons. The monoisotopic (exact) mass is 450 g/mol. The van der Waals surface area contributed by atoms with Crippen molar-refractivity contribution in [3.05, 3.63) is 57.4 Å².